The molecule has 0 spiro atoms. The summed E-state index contributed by atoms with van der Waals surface area (Å²) in [7, 11) is 0. The van der Waals surface area contributed by atoms with Gasteiger partial charge >= 0.3 is 0 Å². The van der Waals surface area contributed by atoms with Crippen LogP contribution < -0.4 is 5.32 Å². The maximum absolute atomic E-state index is 13.9. The Bertz CT molecular complexity index is 1380. The molecule has 1 atom stereocenters. The van der Waals surface area contributed by atoms with Gasteiger partial charge in [-0.1, -0.05) is 67.6 Å². The topological polar surface area (TPSA) is 80.1 Å². The fourth-order valence-electron chi connectivity index (χ4n) is 4.48. The van der Waals surface area contributed by atoms with E-state index >= 15 is 0 Å². The number of fused-ring (bicyclic) bond motifs is 1. The summed E-state index contributed by atoms with van der Waals surface area (Å²) >= 11 is 0. The van der Waals surface area contributed by atoms with Crippen LogP contribution in [0, 0.1) is 18.7 Å². The Labute approximate surface area is 222 Å². The van der Waals surface area contributed by atoms with Crippen molar-refractivity contribution in [2.75, 3.05) is 13.1 Å². The Morgan fingerprint density at radius 2 is 1.71 bits per heavy atom. The molecule has 0 saturated heterocycles. The monoisotopic (exact) mass is 515 g/mol. The van der Waals surface area contributed by atoms with E-state index in [0.29, 0.717) is 36.5 Å². The number of amides is 2. The third-order valence-electron chi connectivity index (χ3n) is 6.68. The Balaban J connectivity index is 1.68. The molecule has 0 aliphatic rings. The van der Waals surface area contributed by atoms with Crippen molar-refractivity contribution >= 4 is 22.8 Å². The lowest BCUT2D eigenvalue weighted by Gasteiger charge is -2.32. The normalized spacial score (nSPS) is 12.0. The van der Waals surface area contributed by atoms with Gasteiger partial charge in [-0.25, -0.2) is 9.07 Å². The van der Waals surface area contributed by atoms with Crippen LogP contribution in [0.3, 0.4) is 0 Å². The minimum Gasteiger partial charge on any atom is -0.354 e. The third-order valence-corrected chi connectivity index (χ3v) is 6.68. The molecule has 198 valence electrons. The molecule has 0 saturated carbocycles. The molecule has 0 aliphatic heterocycles. The van der Waals surface area contributed by atoms with Gasteiger partial charge < -0.3 is 10.2 Å². The van der Waals surface area contributed by atoms with Crippen molar-refractivity contribution < 1.29 is 14.0 Å². The Hall–Kier alpha value is -4.07. The lowest BCUT2D eigenvalue weighted by molar-refractivity contribution is -0.141. The Morgan fingerprint density at radius 3 is 2.45 bits per heavy atom. The highest BCUT2D eigenvalue weighted by Gasteiger charge is 2.32. The summed E-state index contributed by atoms with van der Waals surface area (Å²) in [6.45, 7) is 6.91. The van der Waals surface area contributed by atoms with Crippen LogP contribution >= 0.6 is 0 Å². The van der Waals surface area contributed by atoms with Crippen LogP contribution in [0.2, 0.25) is 0 Å². The second-order valence-electron chi connectivity index (χ2n) is 9.93. The molecule has 0 radical (unpaired) electrons. The first-order chi connectivity index (χ1) is 18.3. The van der Waals surface area contributed by atoms with Crippen LogP contribution in [0.25, 0.3) is 11.0 Å². The standard InChI is InChI=1S/C30H34FN5O2/c1-21(2)16-18-32-30(38)29(24-12-14-25(31)15-13-24)35(19-17-23-9-5-4-8-22(23)3)28(37)20-36-27-11-7-6-10-26(27)33-34-36/h4-15,21,29H,16-20H2,1-3H3,(H,32,38). The van der Waals surface area contributed by atoms with Crippen molar-refractivity contribution in [1.29, 1.82) is 0 Å². The van der Waals surface area contributed by atoms with E-state index in [4.69, 9.17) is 0 Å². The summed E-state index contributed by atoms with van der Waals surface area (Å²) in [4.78, 5) is 29.1. The highest BCUT2D eigenvalue weighted by Crippen LogP contribution is 2.24. The van der Waals surface area contributed by atoms with Gasteiger partial charge in [0.1, 0.15) is 23.9 Å². The summed E-state index contributed by atoms with van der Waals surface area (Å²) in [6.07, 6.45) is 1.37. The van der Waals surface area contributed by atoms with E-state index in [9.17, 15) is 14.0 Å². The first-order valence-corrected chi connectivity index (χ1v) is 13.0. The lowest BCUT2D eigenvalue weighted by Crippen LogP contribution is -2.46. The molecule has 0 fully saturated rings. The second-order valence-corrected chi connectivity index (χ2v) is 9.93. The summed E-state index contributed by atoms with van der Waals surface area (Å²) in [5.41, 5.74) is 4.18. The largest absolute Gasteiger partial charge is 0.354 e. The first kappa shape index (κ1) is 27.0. The van der Waals surface area contributed by atoms with Gasteiger partial charge in [0.2, 0.25) is 11.8 Å². The van der Waals surface area contributed by atoms with Gasteiger partial charge in [-0.05, 0) is 66.6 Å². The number of carbonyl (C=O) groups excluding carboxylic acids is 2. The van der Waals surface area contributed by atoms with Crippen molar-refractivity contribution in [1.82, 2.24) is 25.2 Å². The smallest absolute Gasteiger partial charge is 0.247 e. The summed E-state index contributed by atoms with van der Waals surface area (Å²) < 4.78 is 15.4. The molecule has 1 aromatic heterocycles. The number of hydrogen-bond acceptors (Lipinski definition) is 4. The number of halogens is 1. The fraction of sp³-hybridized carbons (Fsp3) is 0.333. The van der Waals surface area contributed by atoms with Crippen molar-refractivity contribution in [3.05, 3.63) is 95.3 Å². The average Bonchev–Trinajstić information content (AvgIpc) is 3.30. The molecular formula is C30H34FN5O2. The van der Waals surface area contributed by atoms with E-state index < -0.39 is 11.9 Å². The van der Waals surface area contributed by atoms with Gasteiger partial charge in [0.05, 0.1) is 5.52 Å². The molecule has 7 nitrogen and oxygen atoms in total. The quantitative estimate of drug-likeness (QED) is 0.310. The fourth-order valence-corrected chi connectivity index (χ4v) is 4.48. The molecule has 1 N–H and O–H groups in total. The molecule has 3 aromatic carbocycles. The minimum absolute atomic E-state index is 0.0781. The molecule has 1 heterocycles. The minimum atomic E-state index is -0.922. The maximum atomic E-state index is 13.9. The lowest BCUT2D eigenvalue weighted by atomic mass is 10.0. The van der Waals surface area contributed by atoms with E-state index in [0.717, 1.165) is 23.1 Å². The average molecular weight is 516 g/mol. The van der Waals surface area contributed by atoms with E-state index in [1.807, 2.05) is 55.5 Å². The van der Waals surface area contributed by atoms with Crippen LogP contribution in [0.1, 0.15) is 43.0 Å². The number of nitrogens with one attached hydrogen (secondary N) is 1. The first-order valence-electron chi connectivity index (χ1n) is 13.0. The Morgan fingerprint density at radius 1 is 1.00 bits per heavy atom. The maximum Gasteiger partial charge on any atom is 0.247 e. The zero-order chi connectivity index (χ0) is 27.1. The summed E-state index contributed by atoms with van der Waals surface area (Å²) in [6, 6.07) is 20.3. The van der Waals surface area contributed by atoms with Crippen molar-refractivity contribution in [3.8, 4) is 0 Å². The highest BCUT2D eigenvalue weighted by molar-refractivity contribution is 5.89. The number of nitrogens with zero attached hydrogens (tertiary/aromatic N) is 4. The highest BCUT2D eigenvalue weighted by atomic mass is 19.1. The van der Waals surface area contributed by atoms with Gasteiger partial charge in [0.15, 0.2) is 0 Å². The van der Waals surface area contributed by atoms with Crippen LogP contribution in [0.5, 0.6) is 0 Å². The Kier molecular flexibility index (Phi) is 8.84. The van der Waals surface area contributed by atoms with Crippen LogP contribution in [-0.4, -0.2) is 44.8 Å². The number of aromatic nitrogens is 3. The third kappa shape index (κ3) is 6.62. The predicted octanol–water partition coefficient (Wildman–Crippen LogP) is 4.85. The number of para-hydroxylation sites is 1. The van der Waals surface area contributed by atoms with E-state index in [2.05, 4.69) is 29.5 Å². The zero-order valence-electron chi connectivity index (χ0n) is 22.1. The number of hydrogen-bond donors (Lipinski definition) is 1. The van der Waals surface area contributed by atoms with Crippen molar-refractivity contribution in [3.63, 3.8) is 0 Å². The van der Waals surface area contributed by atoms with Crippen molar-refractivity contribution in [2.24, 2.45) is 5.92 Å². The van der Waals surface area contributed by atoms with Gasteiger partial charge in [0, 0.05) is 13.1 Å². The zero-order valence-corrected chi connectivity index (χ0v) is 22.1. The van der Waals surface area contributed by atoms with Crippen molar-refractivity contribution in [2.45, 2.75) is 46.2 Å². The van der Waals surface area contributed by atoms with E-state index in [-0.39, 0.29) is 18.4 Å². The number of carbonyl (C=O) groups is 2. The molecule has 8 heteroatoms. The van der Waals surface area contributed by atoms with Crippen LogP contribution in [0.15, 0.2) is 72.8 Å². The van der Waals surface area contributed by atoms with E-state index in [1.165, 1.54) is 12.1 Å². The van der Waals surface area contributed by atoms with Gasteiger partial charge in [-0.2, -0.15) is 0 Å². The van der Waals surface area contributed by atoms with Gasteiger partial charge in [0.25, 0.3) is 0 Å². The predicted molar refractivity (Wildman–Crippen MR) is 146 cm³/mol. The number of rotatable bonds is 11. The number of benzene rings is 3. The SMILES string of the molecule is Cc1ccccc1CCN(C(=O)Cn1nnc2ccccc21)C(C(=O)NCCC(C)C)c1ccc(F)cc1. The summed E-state index contributed by atoms with van der Waals surface area (Å²) in [5, 5.41) is 11.3. The van der Waals surface area contributed by atoms with Gasteiger partial charge in [-0.3, -0.25) is 9.59 Å². The molecule has 1 unspecified atom stereocenters. The molecule has 0 aliphatic carbocycles. The van der Waals surface area contributed by atoms with Crippen LogP contribution in [-0.2, 0) is 22.6 Å². The molecule has 4 rings (SSSR count). The van der Waals surface area contributed by atoms with E-state index in [1.54, 1.807) is 21.7 Å². The molecule has 0 bridgehead atoms. The molecule has 38 heavy (non-hydrogen) atoms. The van der Waals surface area contributed by atoms with Crippen LogP contribution in [0.4, 0.5) is 4.39 Å². The van der Waals surface area contributed by atoms with Gasteiger partial charge in [-0.15, -0.1) is 5.10 Å². The number of aryl methyl sites for hydroxylation is 1. The molecule has 2 amide bonds. The second kappa shape index (κ2) is 12.4. The molecular weight excluding hydrogens is 481 g/mol. The molecule has 4 aromatic rings. The summed E-state index contributed by atoms with van der Waals surface area (Å²) in [5.74, 6) is -0.556.